The fourth-order valence-electron chi connectivity index (χ4n) is 7.07. The number of benzene rings is 3. The van der Waals surface area contributed by atoms with Crippen molar-refractivity contribution in [1.82, 2.24) is 9.48 Å². The highest BCUT2D eigenvalue weighted by Gasteiger charge is 2.36. The van der Waals surface area contributed by atoms with E-state index in [9.17, 15) is 30.7 Å². The predicted molar refractivity (Wildman–Crippen MR) is 217 cm³/mol. The summed E-state index contributed by atoms with van der Waals surface area (Å²) < 4.78 is 103. The van der Waals surface area contributed by atoms with Gasteiger partial charge in [0, 0.05) is 80.6 Å². The molecule has 3 aromatic carbocycles. The van der Waals surface area contributed by atoms with Gasteiger partial charge in [-0.05, 0) is 61.8 Å². The van der Waals surface area contributed by atoms with Crippen molar-refractivity contribution in [3.63, 3.8) is 0 Å². The van der Waals surface area contributed by atoms with Crippen LogP contribution >= 0.6 is 0 Å². The van der Waals surface area contributed by atoms with E-state index in [1.807, 2.05) is 69.8 Å². The van der Waals surface area contributed by atoms with Gasteiger partial charge in [0.2, 0.25) is 5.36 Å². The standard InChI is InChI=1S/C37H41N3O8S2.C2H4O2.O3S/c1-22-19-36(2,3)39(7)30-17-32-28(15-26(22)30)34(24-11-9-10-12-25(24)35(41)38(6)13-14-49(42,43)44)29-16-27-23(21-50(45,46)47)20-37(4,5)40(8)31(27)18-33(29)48-32;1-2(3)4;1-4(2)3/h9-12,15-20H,13-14,21H2,1-8H3,(H-,42,43,44,45,46,47);1H3,(H,3,4);. The molecular formula is C39H45N3O13S3. The number of aliphatic carboxylic acids is 1. The van der Waals surface area contributed by atoms with Gasteiger partial charge in [-0.15, -0.1) is 12.6 Å². The maximum Gasteiger partial charge on any atom is 0.425 e. The molecule has 0 saturated carbocycles. The highest BCUT2D eigenvalue weighted by atomic mass is 32.2. The van der Waals surface area contributed by atoms with Crippen molar-refractivity contribution in [2.45, 2.75) is 52.6 Å². The fourth-order valence-corrected chi connectivity index (χ4v) is 8.19. The van der Waals surface area contributed by atoms with Crippen LogP contribution in [-0.4, -0.2) is 111 Å². The van der Waals surface area contributed by atoms with Crippen LogP contribution in [-0.2, 0) is 35.6 Å². The van der Waals surface area contributed by atoms with Crippen LogP contribution < -0.4 is 24.8 Å². The minimum Gasteiger partial charge on any atom is -0.748 e. The van der Waals surface area contributed by atoms with Crippen LogP contribution in [0.25, 0.3) is 16.7 Å². The maximum absolute atomic E-state index is 14.0. The molecule has 0 atom stereocenters. The summed E-state index contributed by atoms with van der Waals surface area (Å²) >= 11 is 0. The van der Waals surface area contributed by atoms with Gasteiger partial charge in [-0.2, -0.15) is 8.42 Å². The van der Waals surface area contributed by atoms with E-state index in [1.54, 1.807) is 24.3 Å². The third-order valence-electron chi connectivity index (χ3n) is 10.1. The number of hydrogen-bond acceptors (Lipinski definition) is 12. The number of carbonyl (C=O) groups excluding carboxylic acids is 1. The number of likely N-dealkylation sites (N-methyl/N-ethyl adjacent to an activating group) is 2. The Balaban J connectivity index is 0.000000852. The van der Waals surface area contributed by atoms with Crippen molar-refractivity contribution in [1.29, 1.82) is 0 Å². The molecule has 0 fully saturated rings. The maximum atomic E-state index is 14.0. The van der Waals surface area contributed by atoms with E-state index in [2.05, 4.69) is 24.8 Å². The Hall–Kier alpha value is -5.21. The van der Waals surface area contributed by atoms with Crippen molar-refractivity contribution < 1.29 is 58.0 Å². The molecule has 1 amide bonds. The van der Waals surface area contributed by atoms with Crippen molar-refractivity contribution in [2.24, 2.45) is 0 Å². The minimum absolute atomic E-state index is 0.269. The molecule has 312 valence electrons. The van der Waals surface area contributed by atoms with E-state index >= 15 is 0 Å². The first-order chi connectivity index (χ1) is 26.5. The van der Waals surface area contributed by atoms with Crippen LogP contribution in [0.15, 0.2) is 60.7 Å². The van der Waals surface area contributed by atoms with Gasteiger partial charge in [0.05, 0.1) is 33.0 Å². The number of amides is 1. The largest absolute Gasteiger partial charge is 0.748 e. The third kappa shape index (κ3) is 10.3. The first kappa shape index (κ1) is 45.5. The number of allylic oxidation sites excluding steroid dienone is 1. The van der Waals surface area contributed by atoms with Crippen LogP contribution in [0, 0.1) is 0 Å². The van der Waals surface area contributed by atoms with Gasteiger partial charge in [-0.1, -0.05) is 24.3 Å². The molecule has 3 aliphatic heterocycles. The second kappa shape index (κ2) is 16.6. The van der Waals surface area contributed by atoms with Gasteiger partial charge in [0.1, 0.15) is 24.3 Å². The number of carboxylic acids is 1. The van der Waals surface area contributed by atoms with E-state index < -0.39 is 59.8 Å². The topological polar surface area (TPSA) is 236 Å². The molecule has 0 saturated heterocycles. The summed E-state index contributed by atoms with van der Waals surface area (Å²) in [6, 6.07) is 14.7. The lowest BCUT2D eigenvalue weighted by atomic mass is 9.83. The molecule has 0 aliphatic carbocycles. The van der Waals surface area contributed by atoms with Gasteiger partial charge < -0.3 is 24.2 Å². The lowest BCUT2D eigenvalue weighted by molar-refractivity contribution is -0.134. The van der Waals surface area contributed by atoms with Crippen LogP contribution in [0.2, 0.25) is 0 Å². The second-order valence-electron chi connectivity index (χ2n) is 15.1. The Bertz CT molecular complexity index is 2750. The molecule has 3 aromatic rings. The summed E-state index contributed by atoms with van der Waals surface area (Å²) in [7, 11) is -6.69. The van der Waals surface area contributed by atoms with Gasteiger partial charge in [0.25, 0.3) is 22.0 Å². The quantitative estimate of drug-likeness (QED) is 0.201. The van der Waals surface area contributed by atoms with Crippen molar-refractivity contribution in [3.05, 3.63) is 99.1 Å². The Labute approximate surface area is 338 Å². The Morgan fingerprint density at radius 3 is 2.09 bits per heavy atom. The van der Waals surface area contributed by atoms with Crippen LogP contribution in [0.1, 0.15) is 74.2 Å². The lowest BCUT2D eigenvalue weighted by Crippen LogP contribution is -2.47. The highest BCUT2D eigenvalue weighted by Crippen LogP contribution is 2.46. The van der Waals surface area contributed by atoms with Gasteiger partial charge >= 0.3 is 10.6 Å². The zero-order valence-corrected chi connectivity index (χ0v) is 35.8. The summed E-state index contributed by atoms with van der Waals surface area (Å²) in [4.78, 5) is 26.4. The Morgan fingerprint density at radius 1 is 0.931 bits per heavy atom. The third-order valence-corrected chi connectivity index (χ3v) is 11.4. The zero-order chi connectivity index (χ0) is 43.9. The van der Waals surface area contributed by atoms with Crippen LogP contribution in [0.4, 0.5) is 5.69 Å². The number of nitrogens with zero attached hydrogens (tertiary/aromatic N) is 3. The van der Waals surface area contributed by atoms with E-state index in [1.165, 1.54) is 11.9 Å². The highest BCUT2D eigenvalue weighted by molar-refractivity contribution is 7.86. The number of rotatable bonds is 7. The van der Waals surface area contributed by atoms with E-state index in [4.69, 9.17) is 27.3 Å². The predicted octanol–water partition coefficient (Wildman–Crippen LogP) is 2.56. The molecule has 3 heterocycles. The summed E-state index contributed by atoms with van der Waals surface area (Å²) in [6.45, 7) is 11.0. The number of hydrogen-bond donors (Lipinski definition) is 2. The average Bonchev–Trinajstić information content (AvgIpc) is 3.07. The molecule has 0 unspecified atom stereocenters. The normalized spacial score (nSPS) is 15.9. The van der Waals surface area contributed by atoms with Crippen molar-refractivity contribution in [2.75, 3.05) is 44.1 Å². The lowest BCUT2D eigenvalue weighted by Gasteiger charge is -2.41. The molecule has 58 heavy (non-hydrogen) atoms. The molecule has 0 bridgehead atoms. The first-order valence-corrected chi connectivity index (χ1v) is 21.7. The van der Waals surface area contributed by atoms with E-state index in [0.717, 1.165) is 23.7 Å². The zero-order valence-electron chi connectivity index (χ0n) is 33.3. The van der Waals surface area contributed by atoms with Gasteiger partial charge in [-0.3, -0.25) is 14.1 Å². The molecule has 0 spiro atoms. The molecule has 6 rings (SSSR count). The van der Waals surface area contributed by atoms with Gasteiger partial charge in [-0.25, -0.2) is 13.0 Å². The van der Waals surface area contributed by atoms with E-state index in [-0.39, 0.29) is 17.6 Å². The van der Waals surface area contributed by atoms with Crippen molar-refractivity contribution >= 4 is 65.1 Å². The first-order valence-electron chi connectivity index (χ1n) is 17.6. The van der Waals surface area contributed by atoms with E-state index in [0.29, 0.717) is 49.9 Å². The molecular weight excluding hydrogens is 815 g/mol. The number of carbonyl (C=O) groups is 2. The molecule has 16 nitrogen and oxygen atoms in total. The summed E-state index contributed by atoms with van der Waals surface area (Å²) in [5.41, 5.74) is 5.32. The summed E-state index contributed by atoms with van der Waals surface area (Å²) in [6.07, 6.45) is 4.02. The number of fused-ring (bicyclic) bond motifs is 4. The molecule has 0 radical (unpaired) electrons. The van der Waals surface area contributed by atoms with Crippen molar-refractivity contribution in [3.8, 4) is 11.5 Å². The van der Waals surface area contributed by atoms with Crippen LogP contribution in [0.5, 0.6) is 11.5 Å². The van der Waals surface area contributed by atoms with Gasteiger partial charge in [0.15, 0.2) is 5.54 Å². The molecule has 3 aliphatic rings. The molecule has 2 N–H and O–H groups in total. The second-order valence-corrected chi connectivity index (χ2v) is 18.5. The average molecular weight is 860 g/mol. The Kier molecular flexibility index (Phi) is 13.0. The number of ether oxygens (including phenoxy) is 1. The smallest absolute Gasteiger partial charge is 0.425 e. The number of carboxylic acid groups (broad SMARTS) is 1. The fraction of sp³-hybridized carbons (Fsp3) is 0.359. The Morgan fingerprint density at radius 2 is 1.52 bits per heavy atom. The number of anilines is 1. The van der Waals surface area contributed by atoms with Crippen LogP contribution in [0.3, 0.4) is 0 Å². The SMILES string of the molecule is CC(=O)O.CC1=CC(C)(C)N(C)c2cc3c(cc21)C(c1ccccc1C(=O)N(C)CCS(=O)(=O)[O-])=c1cc2c(cc1O3)=[N+](C)C(C)(C)C=C2CS(=O)(=O)O.O=S(=O)=O. The summed E-state index contributed by atoms with van der Waals surface area (Å²) in [5.74, 6) is -1.59. The monoisotopic (exact) mass is 859 g/mol. The molecule has 0 aromatic heterocycles. The molecule has 19 heteroatoms. The minimum atomic E-state index is -4.56. The summed E-state index contributed by atoms with van der Waals surface area (Å²) in [5, 5.41) is 8.72.